The van der Waals surface area contributed by atoms with E-state index in [1.165, 1.54) is 24.3 Å². The van der Waals surface area contributed by atoms with Crippen LogP contribution in [0.25, 0.3) is 6.08 Å². The molecule has 1 heterocycles. The summed E-state index contributed by atoms with van der Waals surface area (Å²) in [7, 11) is -3.61. The Morgan fingerprint density at radius 2 is 1.94 bits per heavy atom. The van der Waals surface area contributed by atoms with E-state index in [-0.39, 0.29) is 34.2 Å². The maximum absolute atomic E-state index is 14.7. The first-order valence-corrected chi connectivity index (χ1v) is 12.2. The van der Waals surface area contributed by atoms with Crippen molar-refractivity contribution in [1.82, 2.24) is 10.3 Å². The van der Waals surface area contributed by atoms with Gasteiger partial charge in [0.15, 0.2) is 6.30 Å². The van der Waals surface area contributed by atoms with Crippen LogP contribution < -0.4 is 15.4 Å². The summed E-state index contributed by atoms with van der Waals surface area (Å²) in [6.45, 7) is 3.60. The van der Waals surface area contributed by atoms with E-state index in [9.17, 15) is 30.8 Å². The van der Waals surface area contributed by atoms with Gasteiger partial charge in [-0.1, -0.05) is 18.9 Å². The molecule has 0 aliphatic carbocycles. The minimum atomic E-state index is -4.64. The summed E-state index contributed by atoms with van der Waals surface area (Å²) in [5, 5.41) is 4.93. The molecule has 2 aromatic rings. The largest absolute Gasteiger partial charge is 0.433 e. The number of rotatable bonds is 9. The zero-order valence-electron chi connectivity index (χ0n) is 19.1. The number of terminal acetylenes is 1. The number of sulfonamides is 1. The molecule has 3 N–H and O–H groups in total. The Labute approximate surface area is 201 Å². The van der Waals surface area contributed by atoms with Gasteiger partial charge in [0.25, 0.3) is 0 Å². The number of carbonyl (C=O) groups is 1. The Morgan fingerprint density at radius 1 is 1.26 bits per heavy atom. The molecule has 1 amide bonds. The van der Waals surface area contributed by atoms with Crippen molar-refractivity contribution in [2.24, 2.45) is 0 Å². The Kier molecular flexibility index (Phi) is 8.87. The Morgan fingerprint density at radius 3 is 2.51 bits per heavy atom. The fourth-order valence-electron chi connectivity index (χ4n) is 2.76. The standard InChI is InChI=1S/C23H24F4N4O3S/c1-5-14(3)28-22-16(8-11-19(29-22)23(25,26)27)9-12-20(32)30-21(24)17-7-10-18(15(6-2)13-17)31-35(4,33)34/h2,7-14,21,31H,5H2,1,3-4H3,(H,28,29)(H,30,32). The third-order valence-electron chi connectivity index (χ3n) is 4.68. The van der Waals surface area contributed by atoms with Crippen LogP contribution in [0.3, 0.4) is 0 Å². The second-order valence-electron chi connectivity index (χ2n) is 7.61. The SMILES string of the molecule is C#Cc1cc(C(F)NC(=O)C=Cc2ccc(C(F)(F)F)nc2NC(C)CC)ccc1NS(C)(=O)=O. The van der Waals surface area contributed by atoms with E-state index < -0.39 is 34.1 Å². The molecule has 0 saturated carbocycles. The van der Waals surface area contributed by atoms with Crippen molar-refractivity contribution in [3.05, 3.63) is 58.8 Å². The van der Waals surface area contributed by atoms with Crippen LogP contribution in [0, 0.1) is 12.3 Å². The van der Waals surface area contributed by atoms with Crippen molar-refractivity contribution in [3.63, 3.8) is 0 Å². The number of nitrogens with zero attached hydrogens (tertiary/aromatic N) is 1. The van der Waals surface area contributed by atoms with Gasteiger partial charge < -0.3 is 10.6 Å². The predicted octanol–water partition coefficient (Wildman–Crippen LogP) is 4.46. The fourth-order valence-corrected chi connectivity index (χ4v) is 3.34. The van der Waals surface area contributed by atoms with Gasteiger partial charge in [0.2, 0.25) is 15.9 Å². The summed E-state index contributed by atoms with van der Waals surface area (Å²) in [5.74, 6) is 1.31. The summed E-state index contributed by atoms with van der Waals surface area (Å²) in [6, 6.07) is 5.47. The lowest BCUT2D eigenvalue weighted by Gasteiger charge is -2.16. The van der Waals surface area contributed by atoms with E-state index in [4.69, 9.17) is 6.42 Å². The van der Waals surface area contributed by atoms with Gasteiger partial charge in [0.05, 0.1) is 11.9 Å². The molecular formula is C23H24F4N4O3S. The molecule has 1 aromatic heterocycles. The number of amides is 1. The molecule has 0 saturated heterocycles. The maximum atomic E-state index is 14.7. The van der Waals surface area contributed by atoms with Gasteiger partial charge in [-0.25, -0.2) is 17.8 Å². The molecule has 0 aliphatic heterocycles. The number of hydrogen-bond donors (Lipinski definition) is 3. The first-order chi connectivity index (χ1) is 16.2. The molecule has 188 valence electrons. The number of nitrogens with one attached hydrogen (secondary N) is 3. The summed E-state index contributed by atoms with van der Waals surface area (Å²) in [4.78, 5) is 15.8. The molecule has 35 heavy (non-hydrogen) atoms. The first-order valence-electron chi connectivity index (χ1n) is 10.3. The molecule has 2 atom stereocenters. The second-order valence-corrected chi connectivity index (χ2v) is 9.36. The lowest BCUT2D eigenvalue weighted by Crippen LogP contribution is -2.24. The lowest BCUT2D eigenvalue weighted by molar-refractivity contribution is -0.141. The average molecular weight is 513 g/mol. The van der Waals surface area contributed by atoms with Crippen molar-refractivity contribution >= 4 is 33.5 Å². The highest BCUT2D eigenvalue weighted by Gasteiger charge is 2.33. The van der Waals surface area contributed by atoms with Crippen molar-refractivity contribution in [3.8, 4) is 12.3 Å². The highest BCUT2D eigenvalue weighted by atomic mass is 32.2. The normalized spacial score (nSPS) is 13.7. The average Bonchev–Trinajstić information content (AvgIpc) is 2.76. The van der Waals surface area contributed by atoms with Crippen molar-refractivity contribution < 1.29 is 30.8 Å². The van der Waals surface area contributed by atoms with Crippen molar-refractivity contribution in [2.75, 3.05) is 16.3 Å². The van der Waals surface area contributed by atoms with Gasteiger partial charge in [0.1, 0.15) is 11.5 Å². The minimum absolute atomic E-state index is 0.0333. The van der Waals surface area contributed by atoms with Gasteiger partial charge in [-0.15, -0.1) is 6.42 Å². The fraction of sp³-hybridized carbons (Fsp3) is 0.304. The summed E-state index contributed by atoms with van der Waals surface area (Å²) < 4.78 is 78.8. The molecule has 2 rings (SSSR count). The van der Waals surface area contributed by atoms with E-state index >= 15 is 0 Å². The van der Waals surface area contributed by atoms with Crippen LogP contribution in [-0.4, -0.2) is 31.6 Å². The van der Waals surface area contributed by atoms with Crippen molar-refractivity contribution in [2.45, 2.75) is 38.8 Å². The predicted molar refractivity (Wildman–Crippen MR) is 126 cm³/mol. The number of benzene rings is 1. The summed E-state index contributed by atoms with van der Waals surface area (Å²) >= 11 is 0. The second kappa shape index (κ2) is 11.2. The van der Waals surface area contributed by atoms with Crippen LogP contribution in [0.2, 0.25) is 0 Å². The number of halogens is 4. The van der Waals surface area contributed by atoms with Gasteiger partial charge in [-0.2, -0.15) is 13.2 Å². The smallest absolute Gasteiger partial charge is 0.367 e. The van der Waals surface area contributed by atoms with Crippen LogP contribution in [0.5, 0.6) is 0 Å². The number of hydrogen-bond acceptors (Lipinski definition) is 5. The summed E-state index contributed by atoms with van der Waals surface area (Å²) in [6.07, 6.45) is 2.45. The van der Waals surface area contributed by atoms with E-state index in [0.29, 0.717) is 6.42 Å². The first kappa shape index (κ1) is 27.7. The van der Waals surface area contributed by atoms with Crippen LogP contribution in [0.1, 0.15) is 48.9 Å². The molecular weight excluding hydrogens is 488 g/mol. The third-order valence-corrected chi connectivity index (χ3v) is 5.27. The number of alkyl halides is 4. The van der Waals surface area contributed by atoms with E-state index in [1.807, 2.05) is 6.92 Å². The highest BCUT2D eigenvalue weighted by molar-refractivity contribution is 7.92. The Bertz CT molecular complexity index is 1250. The molecule has 12 heteroatoms. The van der Waals surface area contributed by atoms with Crippen molar-refractivity contribution in [1.29, 1.82) is 0 Å². The number of pyridine rings is 1. The molecule has 1 aromatic carbocycles. The monoisotopic (exact) mass is 512 g/mol. The highest BCUT2D eigenvalue weighted by Crippen LogP contribution is 2.30. The minimum Gasteiger partial charge on any atom is -0.367 e. The molecule has 0 radical (unpaired) electrons. The number of carbonyl (C=O) groups excluding carboxylic acids is 1. The summed E-state index contributed by atoms with van der Waals surface area (Å²) in [5.41, 5.74) is -0.777. The van der Waals surface area contributed by atoms with Crippen LogP contribution in [0.15, 0.2) is 36.4 Å². The van der Waals surface area contributed by atoms with Crippen LogP contribution in [-0.2, 0) is 21.0 Å². The Hall–Kier alpha value is -3.59. The molecule has 0 bridgehead atoms. The van der Waals surface area contributed by atoms with E-state index in [0.717, 1.165) is 24.5 Å². The zero-order chi connectivity index (χ0) is 26.4. The van der Waals surface area contributed by atoms with Gasteiger partial charge >= 0.3 is 6.18 Å². The lowest BCUT2D eigenvalue weighted by atomic mass is 10.1. The van der Waals surface area contributed by atoms with Gasteiger partial charge in [-0.3, -0.25) is 9.52 Å². The maximum Gasteiger partial charge on any atom is 0.433 e. The topological polar surface area (TPSA) is 100 Å². The molecule has 0 aliphatic rings. The van der Waals surface area contributed by atoms with Gasteiger partial charge in [-0.05, 0) is 43.7 Å². The molecule has 7 nitrogen and oxygen atoms in total. The Balaban J connectivity index is 2.20. The van der Waals surface area contributed by atoms with E-state index in [2.05, 4.69) is 26.3 Å². The van der Waals surface area contributed by atoms with Crippen LogP contribution >= 0.6 is 0 Å². The third kappa shape index (κ3) is 8.29. The molecule has 0 fully saturated rings. The van der Waals surface area contributed by atoms with E-state index in [1.54, 1.807) is 6.92 Å². The van der Waals surface area contributed by atoms with Gasteiger partial charge in [0, 0.05) is 28.8 Å². The van der Waals surface area contributed by atoms with Crippen LogP contribution in [0.4, 0.5) is 29.1 Å². The quantitative estimate of drug-likeness (QED) is 0.199. The number of anilines is 2. The molecule has 2 unspecified atom stereocenters. The zero-order valence-corrected chi connectivity index (χ0v) is 19.9. The molecule has 0 spiro atoms. The number of aromatic nitrogens is 1.